The third kappa shape index (κ3) is 5.82. The van der Waals surface area contributed by atoms with Gasteiger partial charge in [-0.3, -0.25) is 19.2 Å². The molecule has 0 atom stereocenters. The zero-order chi connectivity index (χ0) is 27.8. The minimum Gasteiger partial charge on any atom is -0.466 e. The van der Waals surface area contributed by atoms with Crippen LogP contribution in [0.5, 0.6) is 0 Å². The topological polar surface area (TPSA) is 64.4 Å². The van der Waals surface area contributed by atoms with Crippen molar-refractivity contribution in [1.29, 1.82) is 0 Å². The predicted octanol–water partition coefficient (Wildman–Crippen LogP) is 5.88. The van der Waals surface area contributed by atoms with E-state index in [-0.39, 0.29) is 11.8 Å². The minimum absolute atomic E-state index is 0.149. The number of carbonyl (C=O) groups is 2. The lowest BCUT2D eigenvalue weighted by Gasteiger charge is -2.47. The minimum atomic E-state index is -0.573. The van der Waals surface area contributed by atoms with Gasteiger partial charge >= 0.3 is 5.97 Å². The van der Waals surface area contributed by atoms with Gasteiger partial charge in [0.05, 0.1) is 17.8 Å². The van der Waals surface area contributed by atoms with Crippen LogP contribution in [0.1, 0.15) is 48.6 Å². The molecule has 1 aliphatic rings. The smallest absolute Gasteiger partial charge is 0.305 e. The second kappa shape index (κ2) is 12.7. The largest absolute Gasteiger partial charge is 0.466 e. The molecule has 0 spiro atoms. The molecule has 40 heavy (non-hydrogen) atoms. The fourth-order valence-corrected chi connectivity index (χ4v) is 5.64. The van der Waals surface area contributed by atoms with Gasteiger partial charge in [0.25, 0.3) is 0 Å². The Morgan fingerprint density at radius 2 is 1.48 bits per heavy atom. The third-order valence-corrected chi connectivity index (χ3v) is 7.43. The summed E-state index contributed by atoms with van der Waals surface area (Å²) in [5.74, 6) is -0.0418. The van der Waals surface area contributed by atoms with E-state index in [1.807, 2.05) is 48.1 Å². The zero-order valence-corrected chi connectivity index (χ0v) is 22.9. The number of aromatic nitrogens is 2. The molecule has 0 saturated carbocycles. The second-order valence-corrected chi connectivity index (χ2v) is 9.99. The number of carbonyl (C=O) groups excluding carboxylic acids is 2. The highest BCUT2D eigenvalue weighted by Gasteiger charge is 2.44. The average molecular weight is 534 g/mol. The van der Waals surface area contributed by atoms with Crippen molar-refractivity contribution in [3.8, 4) is 0 Å². The highest BCUT2D eigenvalue weighted by atomic mass is 16.5. The first-order valence-corrected chi connectivity index (χ1v) is 14.0. The standard InChI is InChI=1S/C34H35N3O3/c1-2-40-33(39)19-12-22-37-24-20-31(35-37)25-27-26-36(23-21-32(27)38)34(28-13-6-3-7-14-28,29-15-8-4-9-16-29)30-17-10-5-11-18-30/h3-11,13-18,20,24-25H,2,12,19,21-23,26H2,1H3/b27-25+. The second-order valence-electron chi connectivity index (χ2n) is 9.99. The average Bonchev–Trinajstić information content (AvgIpc) is 3.44. The Kier molecular flexibility index (Phi) is 8.67. The summed E-state index contributed by atoms with van der Waals surface area (Å²) < 4.78 is 6.83. The Labute approximate surface area is 235 Å². The molecule has 2 heterocycles. The maximum Gasteiger partial charge on any atom is 0.305 e. The predicted molar refractivity (Wildman–Crippen MR) is 156 cm³/mol. The van der Waals surface area contributed by atoms with Crippen molar-refractivity contribution in [1.82, 2.24) is 14.7 Å². The molecule has 0 radical (unpaired) electrons. The number of hydrogen-bond donors (Lipinski definition) is 0. The zero-order valence-electron chi connectivity index (χ0n) is 22.9. The number of aryl methyl sites for hydroxylation is 1. The van der Waals surface area contributed by atoms with Crippen LogP contribution in [0.2, 0.25) is 0 Å². The fourth-order valence-electron chi connectivity index (χ4n) is 5.64. The van der Waals surface area contributed by atoms with Crippen LogP contribution in [-0.2, 0) is 26.4 Å². The van der Waals surface area contributed by atoms with Crippen LogP contribution < -0.4 is 0 Å². The van der Waals surface area contributed by atoms with Gasteiger partial charge in [-0.1, -0.05) is 91.0 Å². The van der Waals surface area contributed by atoms with Crippen LogP contribution >= 0.6 is 0 Å². The Balaban J connectivity index is 1.48. The van der Waals surface area contributed by atoms with Gasteiger partial charge < -0.3 is 4.74 Å². The van der Waals surface area contributed by atoms with Crippen molar-refractivity contribution < 1.29 is 14.3 Å². The van der Waals surface area contributed by atoms with Crippen LogP contribution in [0.4, 0.5) is 0 Å². The van der Waals surface area contributed by atoms with Crippen LogP contribution in [-0.4, -0.2) is 46.1 Å². The van der Waals surface area contributed by atoms with E-state index >= 15 is 0 Å². The van der Waals surface area contributed by atoms with Gasteiger partial charge in [-0.2, -0.15) is 5.10 Å². The molecule has 1 saturated heterocycles. The molecule has 204 valence electrons. The van der Waals surface area contributed by atoms with E-state index in [4.69, 9.17) is 4.74 Å². The van der Waals surface area contributed by atoms with Crippen molar-refractivity contribution in [2.75, 3.05) is 19.7 Å². The van der Waals surface area contributed by atoms with Gasteiger partial charge in [-0.15, -0.1) is 0 Å². The molecule has 1 aliphatic heterocycles. The fraction of sp³-hybridized carbons (Fsp3) is 0.265. The maximum atomic E-state index is 13.2. The highest BCUT2D eigenvalue weighted by molar-refractivity contribution is 6.00. The van der Waals surface area contributed by atoms with Crippen molar-refractivity contribution in [2.24, 2.45) is 0 Å². The van der Waals surface area contributed by atoms with Gasteiger partial charge in [0.1, 0.15) is 0 Å². The Morgan fingerprint density at radius 1 is 0.900 bits per heavy atom. The summed E-state index contributed by atoms with van der Waals surface area (Å²) in [6.45, 7) is 3.94. The van der Waals surface area contributed by atoms with Crippen molar-refractivity contribution in [3.05, 3.63) is 131 Å². The summed E-state index contributed by atoms with van der Waals surface area (Å²) in [7, 11) is 0. The SMILES string of the molecule is CCOC(=O)CCCn1ccc(/C=C2\CN(C(c3ccccc3)(c3ccccc3)c3ccccc3)CCC2=O)n1. The molecule has 1 fully saturated rings. The van der Waals surface area contributed by atoms with Crippen LogP contribution in [0.25, 0.3) is 6.08 Å². The number of ketones is 1. The van der Waals surface area contributed by atoms with E-state index < -0.39 is 5.54 Å². The van der Waals surface area contributed by atoms with Crippen molar-refractivity contribution in [2.45, 2.75) is 38.3 Å². The summed E-state index contributed by atoms with van der Waals surface area (Å²) in [6, 6.07) is 33.6. The number of nitrogens with zero attached hydrogens (tertiary/aromatic N) is 3. The summed E-state index contributed by atoms with van der Waals surface area (Å²) in [5.41, 5.74) is 4.39. The number of Topliss-reactive ketones (excluding diaryl/α,β-unsaturated/α-hetero) is 1. The van der Waals surface area contributed by atoms with Gasteiger partial charge in [0.2, 0.25) is 0 Å². The van der Waals surface area contributed by atoms with E-state index in [1.54, 1.807) is 0 Å². The molecule has 5 rings (SSSR count). The first-order chi connectivity index (χ1) is 19.6. The summed E-state index contributed by atoms with van der Waals surface area (Å²) >= 11 is 0. The number of esters is 1. The molecular formula is C34H35N3O3. The number of piperidine rings is 1. The van der Waals surface area contributed by atoms with Crippen LogP contribution in [0.3, 0.4) is 0 Å². The van der Waals surface area contributed by atoms with Crippen molar-refractivity contribution in [3.63, 3.8) is 0 Å². The number of likely N-dealkylation sites (tertiary alicyclic amines) is 1. The van der Waals surface area contributed by atoms with Crippen molar-refractivity contribution >= 4 is 17.8 Å². The van der Waals surface area contributed by atoms with Gasteiger partial charge in [-0.05, 0) is 42.2 Å². The lowest BCUT2D eigenvalue weighted by Crippen LogP contribution is -2.52. The van der Waals surface area contributed by atoms with E-state index in [0.717, 1.165) is 28.0 Å². The summed E-state index contributed by atoms with van der Waals surface area (Å²) in [5, 5.41) is 4.66. The number of ether oxygens (including phenoxy) is 1. The Hall–Kier alpha value is -4.29. The molecule has 6 nitrogen and oxygen atoms in total. The lowest BCUT2D eigenvalue weighted by atomic mass is 9.74. The number of hydrogen-bond acceptors (Lipinski definition) is 5. The molecule has 0 amide bonds. The van der Waals surface area contributed by atoms with E-state index in [2.05, 4.69) is 82.8 Å². The lowest BCUT2D eigenvalue weighted by molar-refractivity contribution is -0.143. The quantitative estimate of drug-likeness (QED) is 0.145. The monoisotopic (exact) mass is 533 g/mol. The Morgan fingerprint density at radius 3 is 2.02 bits per heavy atom. The van der Waals surface area contributed by atoms with Crippen LogP contribution in [0, 0.1) is 0 Å². The maximum absolute atomic E-state index is 13.2. The molecule has 0 aliphatic carbocycles. The first-order valence-electron chi connectivity index (χ1n) is 14.0. The molecule has 4 aromatic rings. The molecule has 3 aromatic carbocycles. The highest BCUT2D eigenvalue weighted by Crippen LogP contribution is 2.43. The van der Waals surface area contributed by atoms with Gasteiger partial charge in [0, 0.05) is 44.2 Å². The summed E-state index contributed by atoms with van der Waals surface area (Å²) in [4.78, 5) is 27.3. The third-order valence-electron chi connectivity index (χ3n) is 7.43. The Bertz CT molecular complexity index is 1350. The summed E-state index contributed by atoms with van der Waals surface area (Å²) in [6.07, 6.45) is 5.25. The van der Waals surface area contributed by atoms with Gasteiger partial charge in [-0.25, -0.2) is 0 Å². The molecule has 0 unspecified atom stereocenters. The first kappa shape index (κ1) is 27.3. The number of rotatable bonds is 10. The van der Waals surface area contributed by atoms with E-state index in [9.17, 15) is 9.59 Å². The van der Waals surface area contributed by atoms with Gasteiger partial charge in [0.15, 0.2) is 5.78 Å². The molecule has 0 N–H and O–H groups in total. The normalized spacial score (nSPS) is 15.3. The van der Waals surface area contributed by atoms with Crippen LogP contribution in [0.15, 0.2) is 109 Å². The van der Waals surface area contributed by atoms with E-state index in [1.165, 1.54) is 0 Å². The molecular weight excluding hydrogens is 498 g/mol. The van der Waals surface area contributed by atoms with E-state index in [0.29, 0.717) is 45.5 Å². The molecule has 6 heteroatoms. The number of benzene rings is 3. The molecule has 0 bridgehead atoms. The molecule has 1 aromatic heterocycles.